The zero-order valence-corrected chi connectivity index (χ0v) is 13.8. The zero-order chi connectivity index (χ0) is 17.1. The summed E-state index contributed by atoms with van der Waals surface area (Å²) in [5.74, 6) is 0.845. The van der Waals surface area contributed by atoms with Crippen molar-refractivity contribution in [3.63, 3.8) is 0 Å². The summed E-state index contributed by atoms with van der Waals surface area (Å²) in [6.07, 6.45) is 6.89. The van der Waals surface area contributed by atoms with Crippen LogP contribution in [0.5, 0.6) is 5.75 Å². The molecular weight excluding hydrogens is 329 g/mol. The molecule has 0 aromatic heterocycles. The van der Waals surface area contributed by atoms with Gasteiger partial charge in [-0.25, -0.2) is 0 Å². The summed E-state index contributed by atoms with van der Waals surface area (Å²) >= 11 is 0. The van der Waals surface area contributed by atoms with Crippen LogP contribution in [0.1, 0.15) is 56.9 Å². The van der Waals surface area contributed by atoms with E-state index in [0.717, 1.165) is 24.3 Å². The maximum Gasteiger partial charge on any atom is 0.534 e. The Hall–Kier alpha value is -1.24. The molecule has 0 bridgehead atoms. The summed E-state index contributed by atoms with van der Waals surface area (Å²) in [5.41, 5.74) is -4.39. The van der Waals surface area contributed by atoms with Gasteiger partial charge >= 0.3 is 15.6 Å². The molecule has 3 nitrogen and oxygen atoms in total. The summed E-state index contributed by atoms with van der Waals surface area (Å²) in [6, 6.07) is 5.89. The highest BCUT2D eigenvalue weighted by Crippen LogP contribution is 2.38. The maximum atomic E-state index is 12.3. The predicted octanol–water partition coefficient (Wildman–Crippen LogP) is 4.99. The van der Waals surface area contributed by atoms with Gasteiger partial charge in [0, 0.05) is 0 Å². The van der Waals surface area contributed by atoms with Crippen LogP contribution in [0.4, 0.5) is 13.2 Å². The van der Waals surface area contributed by atoms with E-state index in [-0.39, 0.29) is 5.75 Å². The molecule has 0 spiro atoms. The fourth-order valence-electron chi connectivity index (χ4n) is 3.16. The van der Waals surface area contributed by atoms with Gasteiger partial charge in [0.1, 0.15) is 5.75 Å². The molecule has 0 amide bonds. The van der Waals surface area contributed by atoms with E-state index in [0.29, 0.717) is 5.92 Å². The second-order valence-corrected chi connectivity index (χ2v) is 7.60. The van der Waals surface area contributed by atoms with Crippen molar-refractivity contribution in [2.45, 2.75) is 56.9 Å². The number of hydrogen-bond donors (Lipinski definition) is 0. The molecule has 2 rings (SSSR count). The van der Waals surface area contributed by atoms with Gasteiger partial charge < -0.3 is 4.18 Å². The fraction of sp³-hybridized carbons (Fsp3) is 0.625. The lowest BCUT2D eigenvalue weighted by Crippen LogP contribution is -2.28. The van der Waals surface area contributed by atoms with Crippen LogP contribution in [-0.4, -0.2) is 13.9 Å². The summed E-state index contributed by atoms with van der Waals surface area (Å²) < 4.78 is 62.8. The van der Waals surface area contributed by atoms with Gasteiger partial charge in [-0.2, -0.15) is 21.6 Å². The van der Waals surface area contributed by atoms with E-state index in [1.165, 1.54) is 37.8 Å². The van der Waals surface area contributed by atoms with E-state index >= 15 is 0 Å². The average molecular weight is 350 g/mol. The summed E-state index contributed by atoms with van der Waals surface area (Å²) in [6.45, 7) is 2.18. The lowest BCUT2D eigenvalue weighted by atomic mass is 9.77. The Labute approximate surface area is 135 Å². The number of halogens is 3. The molecule has 130 valence electrons. The Bertz CT molecular complexity index is 600. The van der Waals surface area contributed by atoms with E-state index in [9.17, 15) is 21.6 Å². The quantitative estimate of drug-likeness (QED) is 0.555. The third-order valence-electron chi connectivity index (χ3n) is 4.38. The molecule has 0 aliphatic heterocycles. The van der Waals surface area contributed by atoms with Crippen LogP contribution >= 0.6 is 0 Å². The molecule has 0 atom stereocenters. The van der Waals surface area contributed by atoms with Gasteiger partial charge in [-0.1, -0.05) is 31.9 Å². The van der Waals surface area contributed by atoms with Crippen molar-refractivity contribution in [2.75, 3.05) is 0 Å². The number of rotatable bonds is 5. The lowest BCUT2D eigenvalue weighted by Gasteiger charge is -2.28. The van der Waals surface area contributed by atoms with E-state index in [1.807, 2.05) is 0 Å². The van der Waals surface area contributed by atoms with Crippen molar-refractivity contribution in [3.05, 3.63) is 29.8 Å². The first-order chi connectivity index (χ1) is 10.7. The molecule has 0 unspecified atom stereocenters. The van der Waals surface area contributed by atoms with Gasteiger partial charge in [0.15, 0.2) is 0 Å². The first-order valence-corrected chi connectivity index (χ1v) is 9.24. The van der Waals surface area contributed by atoms with Gasteiger partial charge in [-0.3, -0.25) is 0 Å². The number of hydrogen-bond acceptors (Lipinski definition) is 3. The largest absolute Gasteiger partial charge is 0.534 e. The molecule has 0 saturated heterocycles. The monoisotopic (exact) mass is 350 g/mol. The van der Waals surface area contributed by atoms with Crippen molar-refractivity contribution in [1.82, 2.24) is 0 Å². The highest BCUT2D eigenvalue weighted by atomic mass is 32.2. The Morgan fingerprint density at radius 3 is 2.13 bits per heavy atom. The van der Waals surface area contributed by atoms with E-state index in [2.05, 4.69) is 11.1 Å². The van der Waals surface area contributed by atoms with Crippen molar-refractivity contribution in [2.24, 2.45) is 5.92 Å². The third-order valence-corrected chi connectivity index (χ3v) is 5.36. The first kappa shape index (κ1) is 18.1. The van der Waals surface area contributed by atoms with Crippen molar-refractivity contribution in [3.8, 4) is 5.75 Å². The molecule has 1 aliphatic rings. The second kappa shape index (κ2) is 7.11. The van der Waals surface area contributed by atoms with E-state index < -0.39 is 15.6 Å². The Balaban J connectivity index is 1.98. The molecular formula is C16H21F3O3S. The van der Waals surface area contributed by atoms with Gasteiger partial charge in [0.25, 0.3) is 0 Å². The van der Waals surface area contributed by atoms with Crippen molar-refractivity contribution < 1.29 is 25.8 Å². The van der Waals surface area contributed by atoms with Crippen molar-refractivity contribution in [1.29, 1.82) is 0 Å². The summed E-state index contributed by atoms with van der Waals surface area (Å²) in [4.78, 5) is 0. The van der Waals surface area contributed by atoms with Crippen LogP contribution in [-0.2, 0) is 10.1 Å². The summed E-state index contributed by atoms with van der Waals surface area (Å²) in [7, 11) is -5.60. The molecule has 1 saturated carbocycles. The Kier molecular flexibility index (Phi) is 5.60. The van der Waals surface area contributed by atoms with Crippen LogP contribution < -0.4 is 4.18 Å². The Morgan fingerprint density at radius 2 is 1.65 bits per heavy atom. The number of benzene rings is 1. The minimum absolute atomic E-state index is 0.314. The van der Waals surface area contributed by atoms with Gasteiger partial charge in [0.2, 0.25) is 0 Å². The van der Waals surface area contributed by atoms with E-state index in [4.69, 9.17) is 0 Å². The normalized spacial score (nSPS) is 22.8. The molecule has 23 heavy (non-hydrogen) atoms. The van der Waals surface area contributed by atoms with Gasteiger partial charge in [0.05, 0.1) is 0 Å². The second-order valence-electron chi connectivity index (χ2n) is 6.06. The molecule has 0 heterocycles. The minimum atomic E-state index is -5.60. The summed E-state index contributed by atoms with van der Waals surface area (Å²) in [5, 5.41) is 0. The molecule has 0 N–H and O–H groups in total. The van der Waals surface area contributed by atoms with E-state index in [1.54, 1.807) is 12.1 Å². The SMILES string of the molecule is CCCC1CCC(c2ccc(OS(=O)(=O)C(F)(F)F)cc2)CC1. The zero-order valence-electron chi connectivity index (χ0n) is 13.0. The molecule has 1 aromatic carbocycles. The number of alkyl halides is 3. The molecule has 1 aromatic rings. The Morgan fingerprint density at radius 1 is 1.09 bits per heavy atom. The molecule has 1 aliphatic carbocycles. The van der Waals surface area contributed by atoms with Gasteiger partial charge in [-0.15, -0.1) is 0 Å². The van der Waals surface area contributed by atoms with Crippen LogP contribution in [0, 0.1) is 5.92 Å². The van der Waals surface area contributed by atoms with Crippen LogP contribution in [0.15, 0.2) is 24.3 Å². The van der Waals surface area contributed by atoms with Crippen molar-refractivity contribution >= 4 is 10.1 Å². The third kappa shape index (κ3) is 4.62. The predicted molar refractivity (Wildman–Crippen MR) is 81.7 cm³/mol. The standard InChI is InChI=1S/C16H21F3O3S/c1-2-3-12-4-6-13(7-5-12)14-8-10-15(11-9-14)22-23(20,21)16(17,18)19/h8-13H,2-7H2,1H3. The molecule has 0 radical (unpaired) electrons. The highest BCUT2D eigenvalue weighted by molar-refractivity contribution is 7.87. The molecule has 1 fully saturated rings. The first-order valence-electron chi connectivity index (χ1n) is 7.83. The smallest absolute Gasteiger partial charge is 0.376 e. The van der Waals surface area contributed by atoms with Crippen LogP contribution in [0.2, 0.25) is 0 Å². The molecule has 7 heteroatoms. The minimum Gasteiger partial charge on any atom is -0.376 e. The topological polar surface area (TPSA) is 43.4 Å². The lowest BCUT2D eigenvalue weighted by molar-refractivity contribution is -0.0500. The maximum absolute atomic E-state index is 12.3. The van der Waals surface area contributed by atoms with Gasteiger partial charge in [-0.05, 0) is 55.2 Å². The van der Waals surface area contributed by atoms with Crippen LogP contribution in [0.25, 0.3) is 0 Å². The fourth-order valence-corrected chi connectivity index (χ4v) is 3.62. The average Bonchev–Trinajstić information content (AvgIpc) is 2.48. The van der Waals surface area contributed by atoms with Crippen LogP contribution in [0.3, 0.4) is 0 Å². The highest BCUT2D eigenvalue weighted by Gasteiger charge is 2.48.